The lowest BCUT2D eigenvalue weighted by Gasteiger charge is -2.33. The number of ether oxygens (including phenoxy) is 1. The van der Waals surface area contributed by atoms with Gasteiger partial charge in [0.1, 0.15) is 11.5 Å². The molecule has 0 aromatic carbocycles. The minimum Gasteiger partial charge on any atom is -0.381 e. The molecule has 1 amide bonds. The number of hydrogen-bond donors (Lipinski definition) is 3. The third-order valence-electron chi connectivity index (χ3n) is 8.68. The second-order valence-corrected chi connectivity index (χ2v) is 11.5. The van der Waals surface area contributed by atoms with E-state index in [1.54, 1.807) is 17.8 Å². The minimum atomic E-state index is -0.1000. The van der Waals surface area contributed by atoms with E-state index in [9.17, 15) is 4.79 Å². The van der Waals surface area contributed by atoms with E-state index in [1.165, 1.54) is 0 Å². The standard InChI is InChI=1S/C31H36N10O2/c1-39-11-13-40(14-12-39)28-8-5-22(16-32-28)37-31-34-18-25-24(17-33-29(25)38-31)20-9-10-41-27(15-20)26(19-35-41)30(42)36-21-3-6-23(43-2)7-4-21/h5,8-10,15-19,21,23H,3-4,6-7,11-14H2,1-2H3,(H,36,42)(H2,33,34,37,38)/t21-,23-. The lowest BCUT2D eigenvalue weighted by molar-refractivity contribution is 0.0599. The predicted octanol–water partition coefficient (Wildman–Crippen LogP) is 3.85. The van der Waals surface area contributed by atoms with E-state index in [1.807, 2.05) is 49.1 Å². The topological polar surface area (TPSA) is 129 Å². The summed E-state index contributed by atoms with van der Waals surface area (Å²) in [6.45, 7) is 4.03. The summed E-state index contributed by atoms with van der Waals surface area (Å²) < 4.78 is 7.20. The molecule has 0 atom stereocenters. The molecule has 1 aliphatic carbocycles. The van der Waals surface area contributed by atoms with Crippen molar-refractivity contribution in [3.05, 3.63) is 60.8 Å². The summed E-state index contributed by atoms with van der Waals surface area (Å²) in [4.78, 5) is 35.1. The maximum absolute atomic E-state index is 13.2. The summed E-state index contributed by atoms with van der Waals surface area (Å²) in [6, 6.07) is 8.16. The van der Waals surface area contributed by atoms with Crippen molar-refractivity contribution in [2.24, 2.45) is 0 Å². The first-order valence-electron chi connectivity index (χ1n) is 14.9. The summed E-state index contributed by atoms with van der Waals surface area (Å²) in [5.74, 6) is 1.37. The molecule has 2 fully saturated rings. The van der Waals surface area contributed by atoms with Crippen molar-refractivity contribution in [3.8, 4) is 11.1 Å². The zero-order chi connectivity index (χ0) is 29.3. The summed E-state index contributed by atoms with van der Waals surface area (Å²) in [5.41, 5.74) is 4.75. The van der Waals surface area contributed by atoms with E-state index < -0.39 is 0 Å². The molecule has 12 heteroatoms. The van der Waals surface area contributed by atoms with Crippen molar-refractivity contribution in [2.45, 2.75) is 37.8 Å². The van der Waals surface area contributed by atoms with Crippen LogP contribution in [0.2, 0.25) is 0 Å². The number of H-pyrrole nitrogens is 1. The highest BCUT2D eigenvalue weighted by Gasteiger charge is 2.24. The molecule has 5 aromatic heterocycles. The number of fused-ring (bicyclic) bond motifs is 2. The fourth-order valence-corrected chi connectivity index (χ4v) is 6.05. The first kappa shape index (κ1) is 27.3. The van der Waals surface area contributed by atoms with Crippen molar-refractivity contribution in [1.29, 1.82) is 0 Å². The molecule has 2 aliphatic rings. The molecular formula is C31H36N10O2. The first-order chi connectivity index (χ1) is 21.0. The van der Waals surface area contributed by atoms with Crippen LogP contribution in [0.3, 0.4) is 0 Å². The number of carbonyl (C=O) groups is 1. The fourth-order valence-electron chi connectivity index (χ4n) is 6.05. The molecule has 0 radical (unpaired) electrons. The number of amides is 1. The fraction of sp³-hybridized carbons (Fsp3) is 0.387. The van der Waals surface area contributed by atoms with E-state index in [0.717, 1.165) is 85.4 Å². The number of methoxy groups -OCH3 is 1. The lowest BCUT2D eigenvalue weighted by Crippen LogP contribution is -2.44. The number of piperazine rings is 1. The van der Waals surface area contributed by atoms with Crippen LogP contribution in [0.1, 0.15) is 36.0 Å². The number of hydrogen-bond acceptors (Lipinski definition) is 9. The largest absolute Gasteiger partial charge is 0.381 e. The minimum absolute atomic E-state index is 0.1000. The zero-order valence-corrected chi connectivity index (χ0v) is 24.5. The summed E-state index contributed by atoms with van der Waals surface area (Å²) in [5, 5.41) is 11.8. The molecule has 0 unspecified atom stereocenters. The molecule has 12 nitrogen and oxygen atoms in total. The van der Waals surface area contributed by atoms with Crippen LogP contribution in [-0.4, -0.2) is 92.8 Å². The van der Waals surface area contributed by atoms with Crippen molar-refractivity contribution in [3.63, 3.8) is 0 Å². The molecule has 0 bridgehead atoms. The number of anilines is 3. The zero-order valence-electron chi connectivity index (χ0n) is 24.5. The molecule has 0 spiro atoms. The van der Waals surface area contributed by atoms with Gasteiger partial charge in [-0.3, -0.25) is 4.79 Å². The Morgan fingerprint density at radius 2 is 1.86 bits per heavy atom. The second-order valence-electron chi connectivity index (χ2n) is 11.5. The number of aromatic nitrogens is 6. The average Bonchev–Trinajstić information content (AvgIpc) is 3.66. The number of pyridine rings is 2. The quantitative estimate of drug-likeness (QED) is 0.263. The molecule has 7 rings (SSSR count). The maximum atomic E-state index is 13.2. The van der Waals surface area contributed by atoms with Crippen molar-refractivity contribution in [1.82, 2.24) is 39.8 Å². The van der Waals surface area contributed by atoms with Gasteiger partial charge in [0.25, 0.3) is 5.91 Å². The maximum Gasteiger partial charge on any atom is 0.255 e. The van der Waals surface area contributed by atoms with Gasteiger partial charge in [-0.1, -0.05) is 0 Å². The van der Waals surface area contributed by atoms with Crippen LogP contribution in [0.15, 0.2) is 55.2 Å². The van der Waals surface area contributed by atoms with Gasteiger partial charge >= 0.3 is 0 Å². The second kappa shape index (κ2) is 11.6. The molecule has 43 heavy (non-hydrogen) atoms. The Morgan fingerprint density at radius 3 is 2.63 bits per heavy atom. The van der Waals surface area contributed by atoms with Crippen LogP contribution in [-0.2, 0) is 4.74 Å². The Kier molecular flexibility index (Phi) is 7.37. The van der Waals surface area contributed by atoms with E-state index in [4.69, 9.17) is 9.72 Å². The van der Waals surface area contributed by atoms with Crippen LogP contribution in [0.4, 0.5) is 17.5 Å². The molecule has 1 saturated carbocycles. The third-order valence-corrected chi connectivity index (χ3v) is 8.68. The van der Waals surface area contributed by atoms with Gasteiger partial charge in [-0.05, 0) is 62.6 Å². The Bertz CT molecular complexity index is 1730. The van der Waals surface area contributed by atoms with E-state index in [2.05, 4.69) is 47.5 Å². The van der Waals surface area contributed by atoms with Gasteiger partial charge in [-0.25, -0.2) is 14.5 Å². The SMILES string of the molecule is CO[C@H]1CC[C@H](NC(=O)c2cnn3ccc(-c4c[nH]c5nc(Nc6ccc(N7CCN(C)CC7)nc6)ncc45)cc23)CC1. The first-order valence-corrected chi connectivity index (χ1v) is 14.9. The lowest BCUT2D eigenvalue weighted by atomic mass is 9.93. The molecule has 1 aliphatic heterocycles. The highest BCUT2D eigenvalue weighted by Crippen LogP contribution is 2.30. The Labute approximate surface area is 249 Å². The molecule has 222 valence electrons. The molecular weight excluding hydrogens is 544 g/mol. The van der Waals surface area contributed by atoms with E-state index in [-0.39, 0.29) is 18.1 Å². The van der Waals surface area contributed by atoms with Crippen LogP contribution < -0.4 is 15.5 Å². The Balaban J connectivity index is 1.07. The molecule has 3 N–H and O–H groups in total. The summed E-state index contributed by atoms with van der Waals surface area (Å²) >= 11 is 0. The van der Waals surface area contributed by atoms with Crippen LogP contribution in [0.5, 0.6) is 0 Å². The average molecular weight is 581 g/mol. The number of likely N-dealkylation sites (N-methyl/N-ethyl adjacent to an activating group) is 1. The van der Waals surface area contributed by atoms with Crippen molar-refractivity contribution < 1.29 is 9.53 Å². The van der Waals surface area contributed by atoms with Crippen molar-refractivity contribution >= 4 is 39.9 Å². The highest BCUT2D eigenvalue weighted by atomic mass is 16.5. The summed E-state index contributed by atoms with van der Waals surface area (Å²) in [6.07, 6.45) is 13.1. The van der Waals surface area contributed by atoms with E-state index in [0.29, 0.717) is 17.2 Å². The van der Waals surface area contributed by atoms with Crippen LogP contribution >= 0.6 is 0 Å². The monoisotopic (exact) mass is 580 g/mol. The number of carbonyl (C=O) groups excluding carboxylic acids is 1. The normalized spacial score (nSPS) is 19.6. The molecule has 6 heterocycles. The van der Waals surface area contributed by atoms with Gasteiger partial charge in [-0.15, -0.1) is 0 Å². The Morgan fingerprint density at radius 1 is 1.02 bits per heavy atom. The number of aromatic amines is 1. The van der Waals surface area contributed by atoms with Gasteiger partial charge in [0.15, 0.2) is 0 Å². The number of nitrogens with zero attached hydrogens (tertiary/aromatic N) is 7. The van der Waals surface area contributed by atoms with Crippen molar-refractivity contribution in [2.75, 3.05) is 50.6 Å². The highest BCUT2D eigenvalue weighted by molar-refractivity contribution is 6.02. The van der Waals surface area contributed by atoms with Gasteiger partial charge in [0.05, 0.1) is 35.3 Å². The van der Waals surface area contributed by atoms with Crippen LogP contribution in [0, 0.1) is 0 Å². The Hall–Kier alpha value is -4.55. The van der Waals surface area contributed by atoms with Gasteiger partial charge in [-0.2, -0.15) is 10.1 Å². The van der Waals surface area contributed by atoms with Gasteiger partial charge in [0, 0.05) is 68.9 Å². The predicted molar refractivity (Wildman–Crippen MR) is 166 cm³/mol. The van der Waals surface area contributed by atoms with Gasteiger partial charge in [0.2, 0.25) is 5.95 Å². The molecule has 1 saturated heterocycles. The smallest absolute Gasteiger partial charge is 0.255 e. The molecule has 5 aromatic rings. The van der Waals surface area contributed by atoms with Gasteiger partial charge < -0.3 is 30.2 Å². The van der Waals surface area contributed by atoms with E-state index >= 15 is 0 Å². The third kappa shape index (κ3) is 5.63. The number of nitrogens with one attached hydrogen (secondary N) is 3. The van der Waals surface area contributed by atoms with Crippen LogP contribution in [0.25, 0.3) is 27.7 Å². The summed E-state index contributed by atoms with van der Waals surface area (Å²) in [7, 11) is 3.90. The number of rotatable bonds is 7.